The van der Waals surface area contributed by atoms with Crippen LogP contribution in [0.4, 0.5) is 0 Å². The summed E-state index contributed by atoms with van der Waals surface area (Å²) in [7, 11) is -4.67. The maximum atomic E-state index is 10.6. The van der Waals surface area contributed by atoms with E-state index in [2.05, 4.69) is 13.8 Å². The van der Waals surface area contributed by atoms with E-state index < -0.39 is 10.4 Å². The Bertz CT molecular complexity index is 365. The number of hydrogen-bond acceptors (Lipinski definition) is 3. The SMILES string of the molecule is CCCCCCCCCCCCC(CCCCC)OCC[O].O=S(=O)(O)O. The summed E-state index contributed by atoms with van der Waals surface area (Å²) in [5.41, 5.74) is 0. The van der Waals surface area contributed by atoms with Crippen LogP contribution in [-0.2, 0) is 20.2 Å². The highest BCUT2D eigenvalue weighted by molar-refractivity contribution is 7.79. The van der Waals surface area contributed by atoms with E-state index in [-0.39, 0.29) is 6.61 Å². The van der Waals surface area contributed by atoms with Crippen LogP contribution < -0.4 is 0 Å². The fourth-order valence-corrected chi connectivity index (χ4v) is 3.01. The van der Waals surface area contributed by atoms with Gasteiger partial charge in [0.05, 0.1) is 12.7 Å². The molecule has 1 atom stereocenters. The highest BCUT2D eigenvalue weighted by Gasteiger charge is 2.08. The van der Waals surface area contributed by atoms with E-state index in [1.165, 1.54) is 83.5 Å². The Morgan fingerprint density at radius 3 is 1.44 bits per heavy atom. The monoisotopic (exact) mass is 411 g/mol. The van der Waals surface area contributed by atoms with Crippen molar-refractivity contribution in [2.24, 2.45) is 0 Å². The summed E-state index contributed by atoms with van der Waals surface area (Å²) in [5.74, 6) is 0. The third kappa shape index (κ3) is 33.8. The Kier molecular flexibility index (Phi) is 23.7. The second kappa shape index (κ2) is 22.1. The summed E-state index contributed by atoms with van der Waals surface area (Å²) in [6.07, 6.45) is 20.2. The molecule has 165 valence electrons. The van der Waals surface area contributed by atoms with Crippen LogP contribution in [0.5, 0.6) is 0 Å². The summed E-state index contributed by atoms with van der Waals surface area (Å²) in [6.45, 7) is 4.81. The summed E-state index contributed by atoms with van der Waals surface area (Å²) < 4.78 is 37.3. The van der Waals surface area contributed by atoms with E-state index in [1.54, 1.807) is 0 Å². The van der Waals surface area contributed by atoms with Crippen LogP contribution in [0, 0.1) is 0 Å². The van der Waals surface area contributed by atoms with Crippen molar-refractivity contribution in [3.8, 4) is 0 Å². The van der Waals surface area contributed by atoms with E-state index in [0.717, 1.165) is 12.8 Å². The van der Waals surface area contributed by atoms with Gasteiger partial charge >= 0.3 is 10.4 Å². The Balaban J connectivity index is 0. The first-order valence-electron chi connectivity index (χ1n) is 10.7. The molecule has 0 fully saturated rings. The first-order valence-corrected chi connectivity index (χ1v) is 12.1. The molecule has 0 aromatic heterocycles. The van der Waals surface area contributed by atoms with Gasteiger partial charge in [-0.25, -0.2) is 5.11 Å². The second-order valence-corrected chi connectivity index (χ2v) is 8.01. The van der Waals surface area contributed by atoms with Gasteiger partial charge in [0.15, 0.2) is 0 Å². The van der Waals surface area contributed by atoms with Gasteiger partial charge in [0, 0.05) is 0 Å². The summed E-state index contributed by atoms with van der Waals surface area (Å²) in [4.78, 5) is 0. The number of unbranched alkanes of at least 4 members (excludes halogenated alkanes) is 11. The van der Waals surface area contributed by atoms with Crippen molar-refractivity contribution in [2.75, 3.05) is 13.2 Å². The molecule has 1 unspecified atom stereocenters. The van der Waals surface area contributed by atoms with Gasteiger partial charge in [-0.3, -0.25) is 9.11 Å². The Morgan fingerprint density at radius 2 is 1.04 bits per heavy atom. The lowest BCUT2D eigenvalue weighted by Gasteiger charge is -2.17. The molecule has 0 aliphatic heterocycles. The van der Waals surface area contributed by atoms with Crippen molar-refractivity contribution in [3.05, 3.63) is 0 Å². The van der Waals surface area contributed by atoms with Gasteiger partial charge in [0.2, 0.25) is 0 Å². The van der Waals surface area contributed by atoms with Gasteiger partial charge in [0.25, 0.3) is 0 Å². The quantitative estimate of drug-likeness (QED) is 0.211. The van der Waals surface area contributed by atoms with Crippen LogP contribution in [0.15, 0.2) is 0 Å². The zero-order chi connectivity index (χ0) is 20.8. The largest absolute Gasteiger partial charge is 0.394 e. The Hall–Kier alpha value is -0.210. The van der Waals surface area contributed by atoms with E-state index >= 15 is 0 Å². The molecule has 0 aromatic rings. The van der Waals surface area contributed by atoms with Crippen molar-refractivity contribution in [1.29, 1.82) is 0 Å². The van der Waals surface area contributed by atoms with Crippen molar-refractivity contribution >= 4 is 10.4 Å². The van der Waals surface area contributed by atoms with E-state index in [1.807, 2.05) is 0 Å². The highest BCUT2D eigenvalue weighted by Crippen LogP contribution is 2.16. The first kappa shape index (κ1) is 29.0. The molecule has 0 aliphatic carbocycles. The number of rotatable bonds is 18. The average Bonchev–Trinajstić information content (AvgIpc) is 2.59. The number of ether oxygens (including phenoxy) is 1. The van der Waals surface area contributed by atoms with Crippen molar-refractivity contribution in [2.45, 2.75) is 116 Å². The third-order valence-electron chi connectivity index (χ3n) is 4.45. The van der Waals surface area contributed by atoms with Crippen molar-refractivity contribution in [3.63, 3.8) is 0 Å². The molecular formula is C20H43O6S. The van der Waals surface area contributed by atoms with E-state index in [9.17, 15) is 5.11 Å². The lowest BCUT2D eigenvalue weighted by Crippen LogP contribution is -2.15. The zero-order valence-electron chi connectivity index (χ0n) is 17.5. The lowest BCUT2D eigenvalue weighted by molar-refractivity contribution is 0.00221. The van der Waals surface area contributed by atoms with Crippen LogP contribution >= 0.6 is 0 Å². The third-order valence-corrected chi connectivity index (χ3v) is 4.45. The Morgan fingerprint density at radius 1 is 0.704 bits per heavy atom. The predicted octanol–water partition coefficient (Wildman–Crippen LogP) is 6.04. The Labute approximate surface area is 167 Å². The highest BCUT2D eigenvalue weighted by atomic mass is 32.3. The standard InChI is InChI=1S/C20H41O2.H2O4S/c1-3-5-7-8-9-10-11-12-13-15-17-20(22-19-18-21)16-14-6-4-2;1-5(2,3)4/h20H,3-19H2,1-2H3;(H2,1,2,3,4). The minimum absolute atomic E-state index is 0.0949. The molecule has 27 heavy (non-hydrogen) atoms. The minimum atomic E-state index is -4.67. The van der Waals surface area contributed by atoms with E-state index in [0.29, 0.717) is 12.7 Å². The van der Waals surface area contributed by atoms with Crippen LogP contribution in [0.3, 0.4) is 0 Å². The molecule has 0 bridgehead atoms. The molecule has 0 saturated heterocycles. The molecule has 0 aliphatic rings. The fraction of sp³-hybridized carbons (Fsp3) is 1.00. The minimum Gasteiger partial charge on any atom is -0.376 e. The van der Waals surface area contributed by atoms with Crippen molar-refractivity contribution < 1.29 is 27.4 Å². The predicted molar refractivity (Wildman–Crippen MR) is 110 cm³/mol. The van der Waals surface area contributed by atoms with Gasteiger partial charge < -0.3 is 4.74 Å². The molecule has 0 rings (SSSR count). The molecule has 2 N–H and O–H groups in total. The molecule has 1 radical (unpaired) electrons. The van der Waals surface area contributed by atoms with Gasteiger partial charge in [-0.1, -0.05) is 97.3 Å². The first-order chi connectivity index (χ1) is 12.8. The van der Waals surface area contributed by atoms with Crippen LogP contribution in [0.25, 0.3) is 0 Å². The van der Waals surface area contributed by atoms with Gasteiger partial charge in [-0.05, 0) is 12.8 Å². The average molecular weight is 412 g/mol. The molecule has 0 amide bonds. The van der Waals surface area contributed by atoms with Crippen LogP contribution in [0.1, 0.15) is 110 Å². The van der Waals surface area contributed by atoms with Gasteiger partial charge in [-0.15, -0.1) is 0 Å². The maximum absolute atomic E-state index is 10.6. The van der Waals surface area contributed by atoms with Gasteiger partial charge in [0.1, 0.15) is 6.61 Å². The summed E-state index contributed by atoms with van der Waals surface area (Å²) in [5, 5.41) is 10.6. The molecule has 0 aromatic carbocycles. The molecule has 0 saturated carbocycles. The fourth-order valence-electron chi connectivity index (χ4n) is 3.01. The zero-order valence-corrected chi connectivity index (χ0v) is 18.4. The van der Waals surface area contributed by atoms with Crippen LogP contribution in [0.2, 0.25) is 0 Å². The molecular weight excluding hydrogens is 368 g/mol. The summed E-state index contributed by atoms with van der Waals surface area (Å²) >= 11 is 0. The van der Waals surface area contributed by atoms with Crippen LogP contribution in [-0.4, -0.2) is 36.8 Å². The van der Waals surface area contributed by atoms with Crippen molar-refractivity contribution in [1.82, 2.24) is 0 Å². The smallest absolute Gasteiger partial charge is 0.376 e. The molecule has 6 nitrogen and oxygen atoms in total. The lowest BCUT2D eigenvalue weighted by atomic mass is 10.0. The number of hydrogen-bond donors (Lipinski definition) is 2. The van der Waals surface area contributed by atoms with E-state index in [4.69, 9.17) is 22.3 Å². The normalized spacial score (nSPS) is 12.5. The molecule has 7 heteroatoms. The summed E-state index contributed by atoms with van der Waals surface area (Å²) in [6, 6.07) is 0. The molecule has 0 spiro atoms. The molecule has 0 heterocycles. The van der Waals surface area contributed by atoms with Gasteiger partial charge in [-0.2, -0.15) is 8.42 Å². The second-order valence-electron chi connectivity index (χ2n) is 7.11. The maximum Gasteiger partial charge on any atom is 0.394 e. The topological polar surface area (TPSA) is 104 Å².